The summed E-state index contributed by atoms with van der Waals surface area (Å²) in [7, 11) is 0. The van der Waals surface area contributed by atoms with E-state index in [0.717, 1.165) is 43.1 Å². The Balaban J connectivity index is 0.00000289. The van der Waals surface area contributed by atoms with Crippen molar-refractivity contribution in [3.8, 4) is 0 Å². The van der Waals surface area contributed by atoms with Gasteiger partial charge in [-0.15, -0.1) is 24.2 Å². The Bertz CT molecular complexity index is 1080. The zero-order valence-electron chi connectivity index (χ0n) is 18.1. The minimum Gasteiger partial charge on any atom is -0.379 e. The number of morpholine rings is 1. The van der Waals surface area contributed by atoms with Gasteiger partial charge in [-0.25, -0.2) is 4.98 Å². The number of amides is 1. The molecule has 0 bridgehead atoms. The Morgan fingerprint density at radius 2 is 1.81 bits per heavy atom. The number of ketones is 1. The van der Waals surface area contributed by atoms with Crippen LogP contribution in [0.1, 0.15) is 27.6 Å². The van der Waals surface area contributed by atoms with E-state index in [9.17, 15) is 9.59 Å². The molecule has 1 fully saturated rings. The number of fused-ring (bicyclic) bond motifs is 1. The average molecular weight is 492 g/mol. The van der Waals surface area contributed by atoms with Crippen LogP contribution >= 0.6 is 35.5 Å². The number of carbonyl (C=O) groups is 2. The number of aromatic nitrogens is 1. The van der Waals surface area contributed by atoms with Crippen molar-refractivity contribution in [2.45, 2.75) is 11.8 Å². The molecule has 2 aromatic carbocycles. The molecule has 170 valence electrons. The van der Waals surface area contributed by atoms with E-state index in [1.165, 1.54) is 23.2 Å². The van der Waals surface area contributed by atoms with Crippen LogP contribution in [0.5, 0.6) is 0 Å². The smallest absolute Gasteiger partial charge is 0.260 e. The van der Waals surface area contributed by atoms with E-state index in [4.69, 9.17) is 9.72 Å². The number of thioether (sulfide) groups is 1. The van der Waals surface area contributed by atoms with Gasteiger partial charge in [-0.1, -0.05) is 23.5 Å². The largest absolute Gasteiger partial charge is 0.379 e. The van der Waals surface area contributed by atoms with Crippen LogP contribution in [0, 0.1) is 0 Å². The molecule has 4 rings (SSSR count). The van der Waals surface area contributed by atoms with Gasteiger partial charge in [0.15, 0.2) is 10.9 Å². The third-order valence-electron chi connectivity index (χ3n) is 5.34. The van der Waals surface area contributed by atoms with Crippen LogP contribution in [0.3, 0.4) is 0 Å². The molecule has 9 heteroatoms. The van der Waals surface area contributed by atoms with Gasteiger partial charge in [0, 0.05) is 42.2 Å². The lowest BCUT2D eigenvalue weighted by atomic mass is 10.1. The first-order chi connectivity index (χ1) is 15.0. The van der Waals surface area contributed by atoms with Crippen LogP contribution in [-0.2, 0) is 4.74 Å². The molecule has 0 atom stereocenters. The first kappa shape index (κ1) is 24.7. The van der Waals surface area contributed by atoms with Crippen LogP contribution in [0.25, 0.3) is 10.2 Å². The zero-order valence-corrected chi connectivity index (χ0v) is 20.5. The van der Waals surface area contributed by atoms with E-state index < -0.39 is 0 Å². The second-order valence-corrected chi connectivity index (χ2v) is 9.26. The highest BCUT2D eigenvalue weighted by Crippen LogP contribution is 2.32. The number of hydrogen-bond acceptors (Lipinski definition) is 7. The van der Waals surface area contributed by atoms with Crippen molar-refractivity contribution in [2.75, 3.05) is 50.5 Å². The summed E-state index contributed by atoms with van der Waals surface area (Å²) in [5.41, 5.74) is 2.05. The first-order valence-corrected chi connectivity index (χ1v) is 12.3. The number of carbonyl (C=O) groups excluding carboxylic acids is 2. The molecule has 32 heavy (non-hydrogen) atoms. The van der Waals surface area contributed by atoms with Crippen molar-refractivity contribution in [1.82, 2.24) is 9.88 Å². The van der Waals surface area contributed by atoms with Crippen molar-refractivity contribution < 1.29 is 14.3 Å². The molecule has 1 amide bonds. The summed E-state index contributed by atoms with van der Waals surface area (Å²) in [5, 5.41) is 0.696. The van der Waals surface area contributed by atoms with E-state index in [-0.39, 0.29) is 24.1 Å². The summed E-state index contributed by atoms with van der Waals surface area (Å²) in [6.45, 7) is 6.00. The first-order valence-electron chi connectivity index (χ1n) is 10.2. The standard InChI is InChI=1S/C23H25N3O3S2.ClH/c1-16(27)17-3-5-18(6-4-17)22(28)26(10-9-25-11-13-29-14-12-25)23-24-20-8-7-19(30-2)15-21(20)31-23;/h3-8,15H,9-14H2,1-2H3;1H. The minimum atomic E-state index is -0.104. The average Bonchev–Trinajstić information content (AvgIpc) is 3.22. The fourth-order valence-electron chi connectivity index (χ4n) is 3.49. The molecule has 0 radical (unpaired) electrons. The predicted molar refractivity (Wildman–Crippen MR) is 134 cm³/mol. The minimum absolute atomic E-state index is 0. The van der Waals surface area contributed by atoms with Crippen molar-refractivity contribution >= 4 is 62.5 Å². The molecule has 2 heterocycles. The third kappa shape index (κ3) is 5.68. The van der Waals surface area contributed by atoms with Crippen LogP contribution in [0.2, 0.25) is 0 Å². The lowest BCUT2D eigenvalue weighted by Gasteiger charge is -2.29. The van der Waals surface area contributed by atoms with E-state index in [1.54, 1.807) is 40.9 Å². The molecular weight excluding hydrogens is 466 g/mol. The molecule has 0 unspecified atom stereocenters. The maximum Gasteiger partial charge on any atom is 0.260 e. The van der Waals surface area contributed by atoms with Gasteiger partial charge in [0.05, 0.1) is 23.4 Å². The van der Waals surface area contributed by atoms with Crippen LogP contribution in [0.15, 0.2) is 47.4 Å². The second kappa shape index (κ2) is 11.2. The Morgan fingerprint density at radius 3 is 2.47 bits per heavy atom. The van der Waals surface area contributed by atoms with E-state index in [1.807, 2.05) is 12.3 Å². The van der Waals surface area contributed by atoms with Gasteiger partial charge in [-0.3, -0.25) is 19.4 Å². The molecule has 1 saturated heterocycles. The highest BCUT2D eigenvalue weighted by Gasteiger charge is 2.23. The lowest BCUT2D eigenvalue weighted by molar-refractivity contribution is 0.0391. The van der Waals surface area contributed by atoms with Gasteiger partial charge in [-0.2, -0.15) is 0 Å². The summed E-state index contributed by atoms with van der Waals surface area (Å²) in [6, 6.07) is 13.0. The number of benzene rings is 2. The van der Waals surface area contributed by atoms with Crippen molar-refractivity contribution in [2.24, 2.45) is 0 Å². The third-order valence-corrected chi connectivity index (χ3v) is 7.11. The predicted octanol–water partition coefficient (Wildman–Crippen LogP) is 4.62. The molecule has 6 nitrogen and oxygen atoms in total. The van der Waals surface area contributed by atoms with Crippen molar-refractivity contribution in [3.05, 3.63) is 53.6 Å². The normalized spacial score (nSPS) is 14.2. The maximum atomic E-state index is 13.5. The molecule has 1 aliphatic rings. The SMILES string of the molecule is CSc1ccc2nc(N(CCN3CCOCC3)C(=O)c3ccc(C(C)=O)cc3)sc2c1.Cl. The van der Waals surface area contributed by atoms with Gasteiger partial charge in [0.1, 0.15) is 0 Å². The van der Waals surface area contributed by atoms with Crippen molar-refractivity contribution in [3.63, 3.8) is 0 Å². The second-order valence-electron chi connectivity index (χ2n) is 7.37. The number of halogens is 1. The molecule has 3 aromatic rings. The van der Waals surface area contributed by atoms with Gasteiger partial charge in [0.2, 0.25) is 0 Å². The fourth-order valence-corrected chi connectivity index (χ4v) is 5.03. The van der Waals surface area contributed by atoms with E-state index in [2.05, 4.69) is 17.0 Å². The zero-order chi connectivity index (χ0) is 21.8. The topological polar surface area (TPSA) is 62.7 Å². The lowest BCUT2D eigenvalue weighted by Crippen LogP contribution is -2.43. The van der Waals surface area contributed by atoms with Crippen LogP contribution in [0.4, 0.5) is 5.13 Å². The van der Waals surface area contributed by atoms with Crippen LogP contribution in [-0.4, -0.2) is 67.2 Å². The number of rotatable bonds is 7. The number of thiazole rings is 1. The van der Waals surface area contributed by atoms with Gasteiger partial charge in [-0.05, 0) is 43.5 Å². The monoisotopic (exact) mass is 491 g/mol. The Hall–Kier alpha value is -1.97. The highest BCUT2D eigenvalue weighted by atomic mass is 35.5. The van der Waals surface area contributed by atoms with Gasteiger partial charge in [0.25, 0.3) is 5.91 Å². The maximum absolute atomic E-state index is 13.5. The van der Waals surface area contributed by atoms with Crippen molar-refractivity contribution in [1.29, 1.82) is 0 Å². The molecule has 0 spiro atoms. The summed E-state index contributed by atoms with van der Waals surface area (Å²) < 4.78 is 6.51. The van der Waals surface area contributed by atoms with Gasteiger partial charge < -0.3 is 4.74 Å². The molecular formula is C23H26ClN3O3S2. The summed E-state index contributed by atoms with van der Waals surface area (Å²) in [4.78, 5) is 35.1. The molecule has 0 N–H and O–H groups in total. The quantitative estimate of drug-likeness (QED) is 0.355. The number of Topliss-reactive ketones (excluding diaryl/α,β-unsaturated/α-hetero) is 1. The number of ether oxygens (including phenoxy) is 1. The molecule has 1 aliphatic heterocycles. The summed E-state index contributed by atoms with van der Waals surface area (Å²) >= 11 is 3.23. The van der Waals surface area contributed by atoms with Gasteiger partial charge >= 0.3 is 0 Å². The Labute approximate surface area is 202 Å². The van der Waals surface area contributed by atoms with E-state index in [0.29, 0.717) is 22.8 Å². The summed E-state index contributed by atoms with van der Waals surface area (Å²) in [5.74, 6) is -0.119. The number of nitrogens with zero attached hydrogens (tertiary/aromatic N) is 3. The Kier molecular flexibility index (Phi) is 8.67. The molecule has 1 aromatic heterocycles. The molecule has 0 aliphatic carbocycles. The molecule has 0 saturated carbocycles. The Morgan fingerprint density at radius 1 is 1.12 bits per heavy atom. The number of hydrogen-bond donors (Lipinski definition) is 0. The highest BCUT2D eigenvalue weighted by molar-refractivity contribution is 7.98. The number of anilines is 1. The fraction of sp³-hybridized carbons (Fsp3) is 0.348. The van der Waals surface area contributed by atoms with Crippen LogP contribution < -0.4 is 4.90 Å². The van der Waals surface area contributed by atoms with E-state index >= 15 is 0 Å². The summed E-state index contributed by atoms with van der Waals surface area (Å²) in [6.07, 6.45) is 2.05.